The SMILES string of the molecule is NC(CSc1ccccc1Cl)c1cc2cc(Cl)ccc2o1. The third-order valence-corrected chi connectivity index (χ3v) is 4.99. The Kier molecular flexibility index (Phi) is 4.45. The quantitative estimate of drug-likeness (QED) is 0.636. The van der Waals surface area contributed by atoms with Crippen molar-refractivity contribution >= 4 is 45.9 Å². The molecule has 0 saturated carbocycles. The summed E-state index contributed by atoms with van der Waals surface area (Å²) in [6, 6.07) is 15.0. The zero-order valence-corrected chi connectivity index (χ0v) is 13.4. The molecule has 108 valence electrons. The molecule has 0 fully saturated rings. The van der Waals surface area contributed by atoms with Crippen LogP contribution < -0.4 is 5.73 Å². The summed E-state index contributed by atoms with van der Waals surface area (Å²) in [6.45, 7) is 0. The molecule has 0 aliphatic carbocycles. The fourth-order valence-electron chi connectivity index (χ4n) is 2.04. The first-order valence-corrected chi connectivity index (χ1v) is 8.19. The minimum absolute atomic E-state index is 0.197. The van der Waals surface area contributed by atoms with E-state index in [1.807, 2.05) is 42.5 Å². The fourth-order valence-corrected chi connectivity index (χ4v) is 3.43. The Balaban J connectivity index is 1.75. The Morgan fingerprint density at radius 2 is 1.90 bits per heavy atom. The van der Waals surface area contributed by atoms with Crippen molar-refractivity contribution in [3.8, 4) is 0 Å². The zero-order chi connectivity index (χ0) is 14.8. The van der Waals surface area contributed by atoms with Gasteiger partial charge in [-0.1, -0.05) is 35.3 Å². The molecule has 21 heavy (non-hydrogen) atoms. The summed E-state index contributed by atoms with van der Waals surface area (Å²) < 4.78 is 5.77. The predicted octanol–water partition coefficient (Wildman–Crippen LogP) is 5.53. The molecule has 2 aromatic carbocycles. The number of furan rings is 1. The van der Waals surface area contributed by atoms with E-state index in [2.05, 4.69) is 0 Å². The lowest BCUT2D eigenvalue weighted by atomic mass is 10.2. The maximum atomic E-state index is 6.20. The van der Waals surface area contributed by atoms with E-state index in [-0.39, 0.29) is 6.04 Å². The number of rotatable bonds is 4. The van der Waals surface area contributed by atoms with Crippen LogP contribution in [0.15, 0.2) is 57.8 Å². The van der Waals surface area contributed by atoms with Crippen LogP contribution in [0, 0.1) is 0 Å². The maximum absolute atomic E-state index is 6.20. The van der Waals surface area contributed by atoms with E-state index >= 15 is 0 Å². The van der Waals surface area contributed by atoms with Gasteiger partial charge in [0.15, 0.2) is 0 Å². The van der Waals surface area contributed by atoms with Crippen LogP contribution >= 0.6 is 35.0 Å². The summed E-state index contributed by atoms with van der Waals surface area (Å²) in [6.07, 6.45) is 0. The van der Waals surface area contributed by atoms with Gasteiger partial charge >= 0.3 is 0 Å². The molecular weight excluding hydrogens is 325 g/mol. The molecule has 0 radical (unpaired) electrons. The third kappa shape index (κ3) is 3.38. The Morgan fingerprint density at radius 3 is 2.71 bits per heavy atom. The predicted molar refractivity (Wildman–Crippen MR) is 90.3 cm³/mol. The Morgan fingerprint density at radius 1 is 1.10 bits per heavy atom. The van der Waals surface area contributed by atoms with Crippen molar-refractivity contribution in [2.75, 3.05) is 5.75 Å². The molecule has 0 aliphatic rings. The average Bonchev–Trinajstić information content (AvgIpc) is 2.89. The second-order valence-corrected chi connectivity index (χ2v) is 6.58. The summed E-state index contributed by atoms with van der Waals surface area (Å²) in [7, 11) is 0. The third-order valence-electron chi connectivity index (χ3n) is 3.12. The second-order valence-electron chi connectivity index (χ2n) is 4.68. The van der Waals surface area contributed by atoms with Crippen LogP contribution in [0.5, 0.6) is 0 Å². The lowest BCUT2D eigenvalue weighted by molar-refractivity contribution is 0.516. The van der Waals surface area contributed by atoms with Crippen LogP contribution in [0.25, 0.3) is 11.0 Å². The van der Waals surface area contributed by atoms with E-state index in [9.17, 15) is 0 Å². The van der Waals surface area contributed by atoms with Gasteiger partial charge in [-0.25, -0.2) is 0 Å². The first kappa shape index (κ1) is 14.8. The Labute approximate surface area is 137 Å². The number of fused-ring (bicyclic) bond motifs is 1. The van der Waals surface area contributed by atoms with Crippen molar-refractivity contribution in [3.63, 3.8) is 0 Å². The first-order chi connectivity index (χ1) is 10.1. The number of thioether (sulfide) groups is 1. The van der Waals surface area contributed by atoms with E-state index < -0.39 is 0 Å². The number of nitrogens with two attached hydrogens (primary N) is 1. The van der Waals surface area contributed by atoms with Crippen LogP contribution in [-0.2, 0) is 0 Å². The molecule has 2 N–H and O–H groups in total. The van der Waals surface area contributed by atoms with E-state index in [1.165, 1.54) is 0 Å². The minimum Gasteiger partial charge on any atom is -0.459 e. The Hall–Kier alpha value is -1.13. The summed E-state index contributed by atoms with van der Waals surface area (Å²) in [5.74, 6) is 1.45. The number of halogens is 2. The van der Waals surface area contributed by atoms with Crippen molar-refractivity contribution in [2.24, 2.45) is 5.73 Å². The minimum atomic E-state index is -0.197. The smallest absolute Gasteiger partial charge is 0.134 e. The molecule has 5 heteroatoms. The van der Waals surface area contributed by atoms with Crippen LogP contribution in [0.3, 0.4) is 0 Å². The van der Waals surface area contributed by atoms with Gasteiger partial charge in [-0.3, -0.25) is 0 Å². The van der Waals surface area contributed by atoms with Gasteiger partial charge in [0.05, 0.1) is 11.1 Å². The van der Waals surface area contributed by atoms with Crippen LogP contribution in [-0.4, -0.2) is 5.75 Å². The van der Waals surface area contributed by atoms with Gasteiger partial charge in [0.1, 0.15) is 11.3 Å². The van der Waals surface area contributed by atoms with E-state index in [0.717, 1.165) is 26.6 Å². The first-order valence-electron chi connectivity index (χ1n) is 6.45. The number of hydrogen-bond acceptors (Lipinski definition) is 3. The molecule has 0 bridgehead atoms. The highest BCUT2D eigenvalue weighted by Gasteiger charge is 2.13. The molecule has 1 atom stereocenters. The zero-order valence-electron chi connectivity index (χ0n) is 11.1. The molecule has 2 nitrogen and oxygen atoms in total. The average molecular weight is 338 g/mol. The van der Waals surface area contributed by atoms with Gasteiger partial charge in [0.2, 0.25) is 0 Å². The standard InChI is InChI=1S/C16H13Cl2NOS/c17-11-5-6-14-10(7-11)8-15(20-14)13(19)9-21-16-4-2-1-3-12(16)18/h1-8,13H,9,19H2. The van der Waals surface area contributed by atoms with Crippen LogP contribution in [0.1, 0.15) is 11.8 Å². The molecule has 0 saturated heterocycles. The van der Waals surface area contributed by atoms with Gasteiger partial charge in [-0.2, -0.15) is 0 Å². The molecule has 0 spiro atoms. The number of hydrogen-bond donors (Lipinski definition) is 1. The van der Waals surface area contributed by atoms with E-state index in [1.54, 1.807) is 17.8 Å². The van der Waals surface area contributed by atoms with Crippen LogP contribution in [0.2, 0.25) is 10.0 Å². The van der Waals surface area contributed by atoms with Gasteiger partial charge in [-0.15, -0.1) is 11.8 Å². The highest BCUT2D eigenvalue weighted by Crippen LogP contribution is 2.31. The molecule has 3 rings (SSSR count). The van der Waals surface area contributed by atoms with Crippen molar-refractivity contribution in [2.45, 2.75) is 10.9 Å². The summed E-state index contributed by atoms with van der Waals surface area (Å²) in [5.41, 5.74) is 7.00. The van der Waals surface area contributed by atoms with Gasteiger partial charge in [0, 0.05) is 21.1 Å². The summed E-state index contributed by atoms with van der Waals surface area (Å²) in [4.78, 5) is 1.02. The fraction of sp³-hybridized carbons (Fsp3) is 0.125. The van der Waals surface area contributed by atoms with Gasteiger partial charge in [0.25, 0.3) is 0 Å². The molecule has 0 aliphatic heterocycles. The highest BCUT2D eigenvalue weighted by molar-refractivity contribution is 7.99. The lowest BCUT2D eigenvalue weighted by Gasteiger charge is -2.09. The van der Waals surface area contributed by atoms with Crippen molar-refractivity contribution in [3.05, 3.63) is 64.3 Å². The van der Waals surface area contributed by atoms with Gasteiger partial charge < -0.3 is 10.2 Å². The topological polar surface area (TPSA) is 39.2 Å². The van der Waals surface area contributed by atoms with Crippen molar-refractivity contribution in [1.29, 1.82) is 0 Å². The molecular formula is C16H13Cl2NOS. The largest absolute Gasteiger partial charge is 0.459 e. The molecule has 1 unspecified atom stereocenters. The van der Waals surface area contributed by atoms with E-state index in [0.29, 0.717) is 10.8 Å². The summed E-state index contributed by atoms with van der Waals surface area (Å²) >= 11 is 13.7. The van der Waals surface area contributed by atoms with Gasteiger partial charge in [-0.05, 0) is 36.4 Å². The second kappa shape index (κ2) is 6.32. The molecule has 3 aromatic rings. The normalized spacial score (nSPS) is 12.7. The van der Waals surface area contributed by atoms with Crippen LogP contribution in [0.4, 0.5) is 0 Å². The lowest BCUT2D eigenvalue weighted by Crippen LogP contribution is -2.11. The maximum Gasteiger partial charge on any atom is 0.134 e. The molecule has 1 heterocycles. The Bertz CT molecular complexity index is 772. The molecule has 1 aromatic heterocycles. The highest BCUT2D eigenvalue weighted by atomic mass is 35.5. The van der Waals surface area contributed by atoms with Crippen molar-refractivity contribution < 1.29 is 4.42 Å². The summed E-state index contributed by atoms with van der Waals surface area (Å²) in [5, 5.41) is 2.40. The monoisotopic (exact) mass is 337 g/mol. The molecule has 0 amide bonds. The van der Waals surface area contributed by atoms with Crippen molar-refractivity contribution in [1.82, 2.24) is 0 Å². The number of benzene rings is 2. The van der Waals surface area contributed by atoms with E-state index in [4.69, 9.17) is 33.4 Å².